The largest absolute Gasteiger partial charge is 0.504 e. The van der Waals surface area contributed by atoms with Crippen molar-refractivity contribution in [3.8, 4) is 17.2 Å². The standard InChI is InChI=1S/C25H34BrN5O3/c1-7-21(26)25(30-17(4)29-19-9-22(32)24(34-6)23(10-19)33-5)31-13-15(2)18(14-31)11-28-20-8-16(3)27-12-20/h7,9-10,13-14,16,20,27-29,32H,4,8,11-12H2,1-3,5-6H3/b21-7+,30-25+. The number of aryl methyl sites for hydroxylation is 1. The van der Waals surface area contributed by atoms with Gasteiger partial charge in [0.15, 0.2) is 17.3 Å². The van der Waals surface area contributed by atoms with Crippen molar-refractivity contribution in [2.24, 2.45) is 4.99 Å². The number of anilines is 1. The van der Waals surface area contributed by atoms with Crippen LogP contribution in [0.5, 0.6) is 17.2 Å². The maximum absolute atomic E-state index is 10.2. The first kappa shape index (κ1) is 25.9. The van der Waals surface area contributed by atoms with E-state index in [0.29, 0.717) is 35.2 Å². The first-order valence-electron chi connectivity index (χ1n) is 11.2. The first-order valence-corrected chi connectivity index (χ1v) is 12.0. The van der Waals surface area contributed by atoms with Gasteiger partial charge in [0.1, 0.15) is 5.82 Å². The smallest absolute Gasteiger partial charge is 0.203 e. The van der Waals surface area contributed by atoms with Crippen LogP contribution in [0.15, 0.2) is 52.5 Å². The first-order chi connectivity index (χ1) is 16.2. The molecule has 3 rings (SSSR count). The fourth-order valence-electron chi connectivity index (χ4n) is 3.95. The van der Waals surface area contributed by atoms with E-state index in [2.05, 4.69) is 64.7 Å². The number of phenolic OH excluding ortho intramolecular Hbond substituents is 1. The number of ether oxygens (including phenoxy) is 2. The molecule has 0 amide bonds. The number of rotatable bonds is 9. The molecule has 0 saturated carbocycles. The van der Waals surface area contributed by atoms with Crippen molar-refractivity contribution in [3.05, 3.63) is 58.6 Å². The number of nitrogens with zero attached hydrogens (tertiary/aromatic N) is 2. The Kier molecular flexibility index (Phi) is 8.82. The molecule has 1 saturated heterocycles. The van der Waals surface area contributed by atoms with Crippen molar-refractivity contribution in [1.82, 2.24) is 15.2 Å². The predicted octanol–water partition coefficient (Wildman–Crippen LogP) is 4.49. The predicted molar refractivity (Wildman–Crippen MR) is 141 cm³/mol. The molecule has 1 aromatic heterocycles. The lowest BCUT2D eigenvalue weighted by molar-refractivity contribution is 0.333. The summed E-state index contributed by atoms with van der Waals surface area (Å²) in [5.74, 6) is 1.72. The third-order valence-corrected chi connectivity index (χ3v) is 6.58. The molecule has 1 aromatic carbocycles. The van der Waals surface area contributed by atoms with Crippen molar-refractivity contribution in [2.45, 2.75) is 45.8 Å². The summed E-state index contributed by atoms with van der Waals surface area (Å²) in [6.45, 7) is 12.1. The van der Waals surface area contributed by atoms with Crippen LogP contribution in [0.2, 0.25) is 0 Å². The van der Waals surface area contributed by atoms with Crippen LogP contribution in [0.3, 0.4) is 0 Å². The summed E-state index contributed by atoms with van der Waals surface area (Å²) in [5.41, 5.74) is 2.97. The number of hydrogen-bond donors (Lipinski definition) is 4. The van der Waals surface area contributed by atoms with Crippen LogP contribution in [0.25, 0.3) is 0 Å². The number of nitrogens with one attached hydrogen (secondary N) is 3. The number of aromatic nitrogens is 1. The number of halogens is 1. The number of allylic oxidation sites excluding steroid dienone is 2. The second-order valence-electron chi connectivity index (χ2n) is 8.37. The van der Waals surface area contributed by atoms with Gasteiger partial charge in [-0.3, -0.25) is 0 Å². The molecule has 2 unspecified atom stereocenters. The second-order valence-corrected chi connectivity index (χ2v) is 9.23. The summed E-state index contributed by atoms with van der Waals surface area (Å²) in [6.07, 6.45) is 7.22. The summed E-state index contributed by atoms with van der Waals surface area (Å²) in [6, 6.07) is 4.29. The molecular weight excluding hydrogens is 498 g/mol. The fourth-order valence-corrected chi connectivity index (χ4v) is 4.25. The number of benzene rings is 1. The van der Waals surface area contributed by atoms with E-state index >= 15 is 0 Å². The van der Waals surface area contributed by atoms with Gasteiger partial charge >= 0.3 is 0 Å². The molecule has 1 fully saturated rings. The van der Waals surface area contributed by atoms with Crippen LogP contribution in [-0.2, 0) is 6.54 Å². The molecule has 2 heterocycles. The zero-order chi connectivity index (χ0) is 24.8. The van der Waals surface area contributed by atoms with Crippen molar-refractivity contribution in [3.63, 3.8) is 0 Å². The van der Waals surface area contributed by atoms with E-state index in [9.17, 15) is 5.11 Å². The maximum atomic E-state index is 10.2. The summed E-state index contributed by atoms with van der Waals surface area (Å²) in [5, 5.41) is 20.5. The molecular formula is C25H34BrN5O3. The van der Waals surface area contributed by atoms with E-state index in [1.807, 2.05) is 17.6 Å². The Bertz CT molecular complexity index is 1090. The Labute approximate surface area is 209 Å². The normalized spacial score (nSPS) is 18.8. The third-order valence-electron chi connectivity index (χ3n) is 5.77. The summed E-state index contributed by atoms with van der Waals surface area (Å²) in [4.78, 5) is 4.72. The molecule has 9 heteroatoms. The molecule has 0 bridgehead atoms. The monoisotopic (exact) mass is 531 g/mol. The third kappa shape index (κ3) is 6.22. The number of methoxy groups -OCH3 is 2. The van der Waals surface area contributed by atoms with Crippen molar-refractivity contribution >= 4 is 27.5 Å². The molecule has 0 aliphatic carbocycles. The molecule has 34 heavy (non-hydrogen) atoms. The minimum atomic E-state index is -0.0407. The number of phenols is 1. The Morgan fingerprint density at radius 1 is 1.35 bits per heavy atom. The van der Waals surface area contributed by atoms with Crippen LogP contribution in [0.4, 0.5) is 5.69 Å². The fraction of sp³-hybridized carbons (Fsp3) is 0.400. The quantitative estimate of drug-likeness (QED) is 0.281. The lowest BCUT2D eigenvalue weighted by Gasteiger charge is -2.14. The molecule has 184 valence electrons. The number of hydrogen-bond acceptors (Lipinski definition) is 7. The minimum Gasteiger partial charge on any atom is -0.504 e. The van der Waals surface area contributed by atoms with Gasteiger partial charge in [-0.05, 0) is 54.2 Å². The number of aromatic hydroxyl groups is 1. The zero-order valence-corrected chi connectivity index (χ0v) is 22.0. The van der Waals surface area contributed by atoms with Crippen LogP contribution in [0, 0.1) is 6.92 Å². The lowest BCUT2D eigenvalue weighted by Crippen LogP contribution is -2.30. The van der Waals surface area contributed by atoms with E-state index in [1.54, 1.807) is 6.07 Å². The van der Waals surface area contributed by atoms with E-state index in [1.165, 1.54) is 31.4 Å². The molecule has 1 aliphatic rings. The summed E-state index contributed by atoms with van der Waals surface area (Å²) >= 11 is 3.62. The van der Waals surface area contributed by atoms with Crippen molar-refractivity contribution in [2.75, 3.05) is 26.1 Å². The van der Waals surface area contributed by atoms with E-state index < -0.39 is 0 Å². The van der Waals surface area contributed by atoms with Gasteiger partial charge in [-0.15, -0.1) is 0 Å². The van der Waals surface area contributed by atoms with Crippen LogP contribution >= 0.6 is 15.9 Å². The van der Waals surface area contributed by atoms with E-state index in [-0.39, 0.29) is 11.5 Å². The van der Waals surface area contributed by atoms with Gasteiger partial charge in [0.25, 0.3) is 0 Å². The second kappa shape index (κ2) is 11.6. The molecule has 0 spiro atoms. The molecule has 1 aliphatic heterocycles. The Morgan fingerprint density at radius 3 is 2.74 bits per heavy atom. The highest BCUT2D eigenvalue weighted by Crippen LogP contribution is 2.39. The molecule has 2 atom stereocenters. The van der Waals surface area contributed by atoms with Gasteiger partial charge in [-0.1, -0.05) is 12.7 Å². The average molecular weight is 532 g/mol. The van der Waals surface area contributed by atoms with Gasteiger partial charge in [0.2, 0.25) is 5.75 Å². The maximum Gasteiger partial charge on any atom is 0.203 e. The van der Waals surface area contributed by atoms with Gasteiger partial charge in [-0.25, -0.2) is 4.99 Å². The molecule has 4 N–H and O–H groups in total. The molecule has 2 aromatic rings. The summed E-state index contributed by atoms with van der Waals surface area (Å²) < 4.78 is 13.3. The molecule has 8 nitrogen and oxygen atoms in total. The Balaban J connectivity index is 1.80. The highest BCUT2D eigenvalue weighted by atomic mass is 79.9. The Hall–Kier alpha value is -2.75. The van der Waals surface area contributed by atoms with Crippen LogP contribution in [-0.4, -0.2) is 48.4 Å². The Morgan fingerprint density at radius 2 is 2.12 bits per heavy atom. The zero-order valence-electron chi connectivity index (χ0n) is 20.4. The van der Waals surface area contributed by atoms with Crippen LogP contribution < -0.4 is 25.4 Å². The highest BCUT2D eigenvalue weighted by Gasteiger charge is 2.20. The van der Waals surface area contributed by atoms with Crippen molar-refractivity contribution < 1.29 is 14.6 Å². The van der Waals surface area contributed by atoms with E-state index in [4.69, 9.17) is 14.5 Å². The van der Waals surface area contributed by atoms with Crippen molar-refractivity contribution in [1.29, 1.82) is 0 Å². The topological polar surface area (TPSA) is 92.1 Å². The lowest BCUT2D eigenvalue weighted by atomic mass is 10.1. The van der Waals surface area contributed by atoms with Gasteiger partial charge in [0, 0.05) is 55.4 Å². The van der Waals surface area contributed by atoms with E-state index in [0.717, 1.165) is 24.0 Å². The van der Waals surface area contributed by atoms with Crippen LogP contribution in [0.1, 0.15) is 31.4 Å². The van der Waals surface area contributed by atoms with Gasteiger partial charge in [-0.2, -0.15) is 0 Å². The highest BCUT2D eigenvalue weighted by molar-refractivity contribution is 9.12. The SMILES string of the molecule is C=C(/N=C(\C(Br)=C/C)n1cc(C)c(CNC2CNC(C)C2)c1)Nc1cc(O)c(OC)c(OC)c1. The average Bonchev–Trinajstić information content (AvgIpc) is 3.39. The van der Waals surface area contributed by atoms with Gasteiger partial charge < -0.3 is 35.1 Å². The summed E-state index contributed by atoms with van der Waals surface area (Å²) in [7, 11) is 2.99. The van der Waals surface area contributed by atoms with Gasteiger partial charge in [0.05, 0.1) is 18.7 Å². The minimum absolute atomic E-state index is 0.0407. The number of aliphatic imine (C=N–C) groups is 1. The molecule has 0 radical (unpaired) electrons.